The summed E-state index contributed by atoms with van der Waals surface area (Å²) in [6, 6.07) is 12.3. The summed E-state index contributed by atoms with van der Waals surface area (Å²) < 4.78 is 26.6. The van der Waals surface area contributed by atoms with Gasteiger partial charge in [-0.2, -0.15) is 8.42 Å². The normalized spacial score (nSPS) is 15.4. The van der Waals surface area contributed by atoms with Gasteiger partial charge in [-0.25, -0.2) is 0 Å². The molecule has 2 aromatic carbocycles. The first kappa shape index (κ1) is 15.4. The topological polar surface area (TPSA) is 69.7 Å². The molecule has 0 aliphatic carbocycles. The van der Waals surface area contributed by atoms with E-state index in [1.807, 2.05) is 19.1 Å². The van der Waals surface area contributed by atoms with Crippen LogP contribution in [-0.2, 0) is 10.2 Å². The van der Waals surface area contributed by atoms with Crippen molar-refractivity contribution in [2.45, 2.75) is 6.92 Å². The molecule has 1 aliphatic heterocycles. The molecule has 0 fully saturated rings. The Kier molecular flexibility index (Phi) is 3.52. The zero-order chi connectivity index (χ0) is 16.8. The summed E-state index contributed by atoms with van der Waals surface area (Å²) in [6.07, 6.45) is 0. The fraction of sp³-hybridized carbons (Fsp3) is 0.188. The van der Waals surface area contributed by atoms with Crippen LogP contribution in [0.4, 0.5) is 17.1 Å². The molecule has 120 valence electrons. The molecule has 0 atom stereocenters. The van der Waals surface area contributed by atoms with Gasteiger partial charge in [0, 0.05) is 25.3 Å². The van der Waals surface area contributed by atoms with Gasteiger partial charge in [0.15, 0.2) is 0 Å². The van der Waals surface area contributed by atoms with Crippen molar-refractivity contribution in [1.29, 1.82) is 0 Å². The van der Waals surface area contributed by atoms with Gasteiger partial charge in [-0.15, -0.1) is 0 Å². The number of benzene rings is 2. The number of amides is 1. The van der Waals surface area contributed by atoms with E-state index in [2.05, 4.69) is 5.32 Å². The number of fused-ring (bicyclic) bond motifs is 1. The summed E-state index contributed by atoms with van der Waals surface area (Å²) in [7, 11) is -0.519. The van der Waals surface area contributed by atoms with Crippen LogP contribution in [0.25, 0.3) is 0 Å². The third-order valence-electron chi connectivity index (χ3n) is 3.99. The Balaban J connectivity index is 1.92. The maximum Gasteiger partial charge on any atom is 0.326 e. The van der Waals surface area contributed by atoms with Crippen LogP contribution < -0.4 is 13.9 Å². The van der Waals surface area contributed by atoms with Crippen LogP contribution in [0, 0.1) is 6.92 Å². The van der Waals surface area contributed by atoms with Crippen molar-refractivity contribution >= 4 is 33.2 Å². The number of aryl methyl sites for hydroxylation is 1. The molecule has 0 saturated heterocycles. The van der Waals surface area contributed by atoms with Gasteiger partial charge in [0.05, 0.1) is 11.4 Å². The number of hydrogen-bond acceptors (Lipinski definition) is 3. The lowest BCUT2D eigenvalue weighted by Gasteiger charge is -2.13. The van der Waals surface area contributed by atoms with Gasteiger partial charge in [-0.1, -0.05) is 18.2 Å². The third-order valence-corrected chi connectivity index (χ3v) is 5.77. The first-order valence-corrected chi connectivity index (χ1v) is 8.46. The second kappa shape index (κ2) is 5.27. The Morgan fingerprint density at radius 1 is 1.00 bits per heavy atom. The smallest absolute Gasteiger partial charge is 0.322 e. The highest BCUT2D eigenvalue weighted by molar-refractivity contribution is 7.94. The maximum absolute atomic E-state index is 12.4. The summed E-state index contributed by atoms with van der Waals surface area (Å²) >= 11 is 0. The van der Waals surface area contributed by atoms with Crippen molar-refractivity contribution in [2.75, 3.05) is 28.0 Å². The van der Waals surface area contributed by atoms with E-state index in [0.29, 0.717) is 22.6 Å². The molecule has 2 aromatic rings. The number of anilines is 3. The minimum atomic E-state index is -3.51. The SMILES string of the molecule is Cc1ccccc1C(=O)Nc1ccc2c(c1)N(C)S(=O)(=O)N2C. The lowest BCUT2D eigenvalue weighted by Crippen LogP contribution is -2.32. The van der Waals surface area contributed by atoms with E-state index in [1.165, 1.54) is 22.7 Å². The van der Waals surface area contributed by atoms with E-state index < -0.39 is 10.2 Å². The number of carbonyl (C=O) groups is 1. The average molecular weight is 331 g/mol. The number of nitrogens with one attached hydrogen (secondary N) is 1. The Hall–Kier alpha value is -2.54. The first-order valence-electron chi connectivity index (χ1n) is 7.06. The Bertz CT molecular complexity index is 893. The summed E-state index contributed by atoms with van der Waals surface area (Å²) in [5, 5.41) is 2.81. The van der Waals surface area contributed by atoms with Crippen molar-refractivity contribution in [3.63, 3.8) is 0 Å². The highest BCUT2D eigenvalue weighted by atomic mass is 32.2. The van der Waals surface area contributed by atoms with E-state index in [4.69, 9.17) is 0 Å². The number of nitrogens with zero attached hydrogens (tertiary/aromatic N) is 2. The predicted molar refractivity (Wildman–Crippen MR) is 91.3 cm³/mol. The molecule has 0 aromatic heterocycles. The highest BCUT2D eigenvalue weighted by Crippen LogP contribution is 2.40. The number of hydrogen-bond donors (Lipinski definition) is 1. The van der Waals surface area contributed by atoms with Crippen molar-refractivity contribution in [2.24, 2.45) is 0 Å². The van der Waals surface area contributed by atoms with Gasteiger partial charge >= 0.3 is 10.2 Å². The molecule has 7 heteroatoms. The van der Waals surface area contributed by atoms with Crippen LogP contribution in [0.1, 0.15) is 15.9 Å². The minimum Gasteiger partial charge on any atom is -0.322 e. The molecular weight excluding hydrogens is 314 g/mol. The van der Waals surface area contributed by atoms with Gasteiger partial charge in [-0.05, 0) is 36.8 Å². The Morgan fingerprint density at radius 2 is 1.65 bits per heavy atom. The van der Waals surface area contributed by atoms with Crippen molar-refractivity contribution in [3.05, 3.63) is 53.6 Å². The van der Waals surface area contributed by atoms with Crippen LogP contribution in [0.5, 0.6) is 0 Å². The van der Waals surface area contributed by atoms with Crippen molar-refractivity contribution in [1.82, 2.24) is 0 Å². The van der Waals surface area contributed by atoms with Crippen LogP contribution in [0.15, 0.2) is 42.5 Å². The lowest BCUT2D eigenvalue weighted by molar-refractivity contribution is 0.102. The Morgan fingerprint density at radius 3 is 2.35 bits per heavy atom. The van der Waals surface area contributed by atoms with Crippen molar-refractivity contribution in [3.8, 4) is 0 Å². The average Bonchev–Trinajstić information content (AvgIpc) is 2.69. The van der Waals surface area contributed by atoms with E-state index in [9.17, 15) is 13.2 Å². The van der Waals surface area contributed by atoms with Gasteiger partial charge in [0.2, 0.25) is 0 Å². The molecule has 1 N–H and O–H groups in total. The van der Waals surface area contributed by atoms with E-state index in [-0.39, 0.29) is 5.91 Å². The van der Waals surface area contributed by atoms with Gasteiger partial charge in [-0.3, -0.25) is 13.4 Å². The summed E-state index contributed by atoms with van der Waals surface area (Å²) in [6.45, 7) is 1.87. The number of rotatable bonds is 2. The Labute approximate surface area is 135 Å². The van der Waals surface area contributed by atoms with E-state index in [0.717, 1.165) is 5.56 Å². The van der Waals surface area contributed by atoms with E-state index in [1.54, 1.807) is 30.3 Å². The molecular formula is C16H17N3O3S. The maximum atomic E-state index is 12.4. The molecule has 0 saturated carbocycles. The second-order valence-corrected chi connectivity index (χ2v) is 7.41. The van der Waals surface area contributed by atoms with Crippen LogP contribution in [-0.4, -0.2) is 28.4 Å². The molecule has 23 heavy (non-hydrogen) atoms. The van der Waals surface area contributed by atoms with Crippen LogP contribution in [0.2, 0.25) is 0 Å². The summed E-state index contributed by atoms with van der Waals surface area (Å²) in [4.78, 5) is 12.4. The molecule has 0 radical (unpaired) electrons. The molecule has 1 heterocycles. The summed E-state index contributed by atoms with van der Waals surface area (Å²) in [5.41, 5.74) is 3.14. The molecule has 1 amide bonds. The monoisotopic (exact) mass is 331 g/mol. The fourth-order valence-electron chi connectivity index (χ4n) is 2.58. The highest BCUT2D eigenvalue weighted by Gasteiger charge is 2.35. The minimum absolute atomic E-state index is 0.222. The van der Waals surface area contributed by atoms with Gasteiger partial charge < -0.3 is 5.32 Å². The van der Waals surface area contributed by atoms with Crippen molar-refractivity contribution < 1.29 is 13.2 Å². The largest absolute Gasteiger partial charge is 0.326 e. The fourth-order valence-corrected chi connectivity index (χ4v) is 3.74. The third kappa shape index (κ3) is 2.43. The molecule has 0 bridgehead atoms. The zero-order valence-electron chi connectivity index (χ0n) is 13.1. The molecule has 0 unspecified atom stereocenters. The molecule has 6 nitrogen and oxygen atoms in total. The van der Waals surface area contributed by atoms with Crippen LogP contribution in [0.3, 0.4) is 0 Å². The van der Waals surface area contributed by atoms with Gasteiger partial charge in [0.1, 0.15) is 0 Å². The molecule has 0 spiro atoms. The molecule has 3 rings (SSSR count). The summed E-state index contributed by atoms with van der Waals surface area (Å²) in [5.74, 6) is -0.222. The molecule has 1 aliphatic rings. The second-order valence-electron chi connectivity index (χ2n) is 5.42. The predicted octanol–water partition coefficient (Wildman–Crippen LogP) is 2.38. The zero-order valence-corrected chi connectivity index (χ0v) is 13.9. The first-order chi connectivity index (χ1) is 10.8. The standard InChI is InChI=1S/C16H17N3O3S/c1-11-6-4-5-7-13(11)16(20)17-12-8-9-14-15(10-12)19(3)23(21,22)18(14)2/h4-10H,1-3H3,(H,17,20). The number of carbonyl (C=O) groups excluding carboxylic acids is 1. The van der Waals surface area contributed by atoms with Crippen LogP contribution >= 0.6 is 0 Å². The van der Waals surface area contributed by atoms with E-state index >= 15 is 0 Å². The quantitative estimate of drug-likeness (QED) is 0.918. The lowest BCUT2D eigenvalue weighted by atomic mass is 10.1. The van der Waals surface area contributed by atoms with Gasteiger partial charge in [0.25, 0.3) is 5.91 Å².